The molecule has 28 heavy (non-hydrogen) atoms. The van der Waals surface area contributed by atoms with Crippen molar-refractivity contribution in [2.75, 3.05) is 0 Å². The lowest BCUT2D eigenvalue weighted by molar-refractivity contribution is 0.277. The van der Waals surface area contributed by atoms with Gasteiger partial charge in [0.2, 0.25) is 0 Å². The molecule has 8 heteroatoms. The largest absolute Gasteiger partial charge is 0.506 e. The summed E-state index contributed by atoms with van der Waals surface area (Å²) in [5.41, 5.74) is 1.86. The van der Waals surface area contributed by atoms with Crippen LogP contribution in [0.25, 0.3) is 21.8 Å². The average molecular weight is 419 g/mol. The number of hydrogen-bond acceptors (Lipinski definition) is 6. The number of benzene rings is 2. The molecule has 0 unspecified atom stereocenters. The molecule has 2 aromatic heterocycles. The fourth-order valence-electron chi connectivity index (χ4n) is 2.59. The van der Waals surface area contributed by atoms with Crippen molar-refractivity contribution in [2.45, 2.75) is 13.2 Å². The molecule has 4 N–H and O–H groups in total. The van der Waals surface area contributed by atoms with Gasteiger partial charge in [0.25, 0.3) is 0 Å². The van der Waals surface area contributed by atoms with E-state index in [4.69, 9.17) is 33.4 Å². The van der Waals surface area contributed by atoms with Crippen LogP contribution < -0.4 is 0 Å². The first-order valence-corrected chi connectivity index (χ1v) is 8.96. The van der Waals surface area contributed by atoms with E-state index in [1.54, 1.807) is 30.3 Å². The molecule has 0 amide bonds. The smallest absolute Gasteiger partial charge is 0.160 e. The van der Waals surface area contributed by atoms with Crippen LogP contribution in [0.5, 0.6) is 11.5 Å². The minimum absolute atomic E-state index is 0.107. The number of fused-ring (bicyclic) bond motifs is 2. The Bertz CT molecular complexity index is 1150. The van der Waals surface area contributed by atoms with Crippen LogP contribution in [-0.4, -0.2) is 30.4 Å². The predicted octanol–water partition coefficient (Wildman–Crippen LogP) is 4.17. The van der Waals surface area contributed by atoms with Crippen molar-refractivity contribution in [2.24, 2.45) is 0 Å². The molecule has 0 radical (unpaired) electrons. The van der Waals surface area contributed by atoms with E-state index in [2.05, 4.69) is 9.97 Å². The van der Waals surface area contributed by atoms with Gasteiger partial charge in [0, 0.05) is 10.8 Å². The molecule has 0 aliphatic heterocycles. The Morgan fingerprint density at radius 1 is 0.750 bits per heavy atom. The summed E-state index contributed by atoms with van der Waals surface area (Å²) in [4.78, 5) is 8.14. The molecule has 144 valence electrons. The fourth-order valence-corrected chi connectivity index (χ4v) is 3.11. The van der Waals surface area contributed by atoms with Crippen LogP contribution in [0.2, 0.25) is 10.0 Å². The summed E-state index contributed by atoms with van der Waals surface area (Å²) in [5, 5.41) is 38.9. The van der Waals surface area contributed by atoms with Gasteiger partial charge in [0.15, 0.2) is 5.75 Å². The molecule has 0 aliphatic rings. The molecule has 0 aliphatic carbocycles. The topological polar surface area (TPSA) is 107 Å². The molecule has 2 aromatic carbocycles. The maximum atomic E-state index is 9.67. The maximum Gasteiger partial charge on any atom is 0.160 e. The zero-order chi connectivity index (χ0) is 20.3. The number of phenolic OH excluding ortho intramolecular Hbond substituents is 2. The number of aliphatic hydroxyl groups is 2. The molecular formula is C20H16Cl2N2O4. The van der Waals surface area contributed by atoms with Gasteiger partial charge >= 0.3 is 0 Å². The molecule has 0 atom stereocenters. The number of pyridine rings is 2. The van der Waals surface area contributed by atoms with Crippen molar-refractivity contribution >= 4 is 45.0 Å². The number of rotatable bonds is 2. The normalized spacial score (nSPS) is 10.7. The van der Waals surface area contributed by atoms with Gasteiger partial charge in [0.1, 0.15) is 16.8 Å². The van der Waals surface area contributed by atoms with Crippen molar-refractivity contribution in [3.05, 3.63) is 70.0 Å². The van der Waals surface area contributed by atoms with E-state index < -0.39 is 0 Å². The minimum Gasteiger partial charge on any atom is -0.506 e. The van der Waals surface area contributed by atoms with Crippen LogP contribution in [0.3, 0.4) is 0 Å². The summed E-state index contributed by atoms with van der Waals surface area (Å²) in [6.07, 6.45) is 0. The molecule has 4 rings (SSSR count). The molecule has 4 aromatic rings. The van der Waals surface area contributed by atoms with Crippen LogP contribution in [0, 0.1) is 0 Å². The van der Waals surface area contributed by atoms with Crippen molar-refractivity contribution in [3.63, 3.8) is 0 Å². The summed E-state index contributed by atoms with van der Waals surface area (Å²) in [6, 6.07) is 13.6. The van der Waals surface area contributed by atoms with Gasteiger partial charge in [0.05, 0.1) is 34.6 Å². The van der Waals surface area contributed by atoms with Gasteiger partial charge in [-0.3, -0.25) is 0 Å². The Morgan fingerprint density at radius 2 is 1.39 bits per heavy atom. The number of aromatic nitrogens is 2. The van der Waals surface area contributed by atoms with Gasteiger partial charge in [-0.1, -0.05) is 41.4 Å². The predicted molar refractivity (Wildman–Crippen MR) is 109 cm³/mol. The summed E-state index contributed by atoms with van der Waals surface area (Å²) in [7, 11) is 0. The van der Waals surface area contributed by atoms with Gasteiger partial charge < -0.3 is 20.4 Å². The highest BCUT2D eigenvalue weighted by atomic mass is 35.5. The van der Waals surface area contributed by atoms with Crippen molar-refractivity contribution in [1.82, 2.24) is 9.97 Å². The third-order valence-electron chi connectivity index (χ3n) is 3.99. The van der Waals surface area contributed by atoms with Crippen molar-refractivity contribution in [1.29, 1.82) is 0 Å². The number of para-hydroxylation sites is 1. The van der Waals surface area contributed by atoms with Gasteiger partial charge in [-0.05, 0) is 30.3 Å². The second kappa shape index (κ2) is 8.58. The SMILES string of the molecule is OCc1ccc2c(Cl)cc(Cl)c(O)c2n1.OCc1ccc2cccc(O)c2n1. The minimum atomic E-state index is -0.195. The first-order valence-electron chi connectivity index (χ1n) is 8.20. The summed E-state index contributed by atoms with van der Waals surface area (Å²) in [6.45, 7) is -0.302. The molecule has 6 nitrogen and oxygen atoms in total. The number of phenols is 2. The molecule has 0 spiro atoms. The molecule has 0 saturated heterocycles. The van der Waals surface area contributed by atoms with Crippen LogP contribution in [0.4, 0.5) is 0 Å². The van der Waals surface area contributed by atoms with Crippen LogP contribution in [0.1, 0.15) is 11.4 Å². The summed E-state index contributed by atoms with van der Waals surface area (Å²) < 4.78 is 0. The monoisotopic (exact) mass is 418 g/mol. The number of aromatic hydroxyl groups is 2. The standard InChI is InChI=1S/C10H7Cl2NO2.C10H9NO2/c11-7-3-8(12)10(15)9-6(7)2-1-5(4-14)13-9;12-6-8-5-4-7-2-1-3-9(13)10(7)11-8/h1-3,14-15H,4H2;1-5,12-13H,6H2. The van der Waals surface area contributed by atoms with E-state index in [-0.39, 0.29) is 29.7 Å². The highest BCUT2D eigenvalue weighted by molar-refractivity contribution is 6.39. The van der Waals surface area contributed by atoms with Gasteiger partial charge in [-0.15, -0.1) is 0 Å². The Kier molecular flexibility index (Phi) is 6.16. The molecule has 0 bridgehead atoms. The Morgan fingerprint density at radius 3 is 2.07 bits per heavy atom. The lowest BCUT2D eigenvalue weighted by Crippen LogP contribution is -1.90. The summed E-state index contributed by atoms with van der Waals surface area (Å²) in [5.74, 6) is 0.0270. The average Bonchev–Trinajstić information content (AvgIpc) is 2.72. The number of nitrogens with zero attached hydrogens (tertiary/aromatic N) is 2. The van der Waals surface area contributed by atoms with Crippen LogP contribution >= 0.6 is 23.2 Å². The second-order valence-corrected chi connectivity index (χ2v) is 6.67. The van der Waals surface area contributed by atoms with Gasteiger partial charge in [-0.2, -0.15) is 0 Å². The fraction of sp³-hybridized carbons (Fsp3) is 0.100. The highest BCUT2D eigenvalue weighted by Crippen LogP contribution is 2.36. The van der Waals surface area contributed by atoms with Crippen LogP contribution in [0.15, 0.2) is 48.5 Å². The van der Waals surface area contributed by atoms with E-state index >= 15 is 0 Å². The first-order chi connectivity index (χ1) is 13.4. The molecule has 2 heterocycles. The number of aliphatic hydroxyl groups excluding tert-OH is 2. The zero-order valence-corrected chi connectivity index (χ0v) is 16.0. The molecular weight excluding hydrogens is 403 g/mol. The van der Waals surface area contributed by atoms with E-state index in [1.807, 2.05) is 12.1 Å². The number of halogens is 2. The summed E-state index contributed by atoms with van der Waals surface area (Å²) >= 11 is 11.7. The quantitative estimate of drug-likeness (QED) is 0.389. The van der Waals surface area contributed by atoms with Crippen LogP contribution in [-0.2, 0) is 13.2 Å². The highest BCUT2D eigenvalue weighted by Gasteiger charge is 2.10. The van der Waals surface area contributed by atoms with E-state index in [0.29, 0.717) is 32.8 Å². The number of hydrogen-bond donors (Lipinski definition) is 4. The second-order valence-electron chi connectivity index (χ2n) is 5.86. The zero-order valence-electron chi connectivity index (χ0n) is 14.5. The Hall–Kier alpha value is -2.64. The Labute approximate surface area is 170 Å². The molecule has 0 fully saturated rings. The first kappa shape index (κ1) is 20.1. The lowest BCUT2D eigenvalue weighted by Gasteiger charge is -2.05. The van der Waals surface area contributed by atoms with E-state index in [0.717, 1.165) is 5.39 Å². The Balaban J connectivity index is 0.000000162. The maximum absolute atomic E-state index is 9.67. The van der Waals surface area contributed by atoms with E-state index in [1.165, 1.54) is 6.07 Å². The van der Waals surface area contributed by atoms with Gasteiger partial charge in [-0.25, -0.2) is 9.97 Å². The lowest BCUT2D eigenvalue weighted by atomic mass is 10.2. The van der Waals surface area contributed by atoms with E-state index in [9.17, 15) is 10.2 Å². The van der Waals surface area contributed by atoms with Crippen molar-refractivity contribution in [3.8, 4) is 11.5 Å². The molecule has 0 saturated carbocycles. The third kappa shape index (κ3) is 4.10. The third-order valence-corrected chi connectivity index (χ3v) is 4.60. The van der Waals surface area contributed by atoms with Crippen molar-refractivity contribution < 1.29 is 20.4 Å².